The van der Waals surface area contributed by atoms with E-state index in [4.69, 9.17) is 4.74 Å². The second-order valence-electron chi connectivity index (χ2n) is 3.46. The molecule has 0 aliphatic carbocycles. The molecule has 2 rings (SSSR count). The van der Waals surface area contributed by atoms with Crippen molar-refractivity contribution in [1.82, 2.24) is 0 Å². The molecule has 88 valence electrons. The van der Waals surface area contributed by atoms with Crippen LogP contribution in [0, 0.1) is 6.92 Å². The number of rotatable bonds is 1. The lowest BCUT2D eigenvalue weighted by Gasteiger charge is -2.26. The molecule has 1 saturated heterocycles. The summed E-state index contributed by atoms with van der Waals surface area (Å²) in [6.07, 6.45) is 0.666. The van der Waals surface area contributed by atoms with Gasteiger partial charge in [-0.3, -0.25) is 4.90 Å². The van der Waals surface area contributed by atoms with Crippen molar-refractivity contribution in [3.63, 3.8) is 0 Å². The largest absolute Gasteiger partial charge is 0.449 e. The molecule has 1 aliphatic heterocycles. The molecule has 1 aromatic rings. The summed E-state index contributed by atoms with van der Waals surface area (Å²) in [4.78, 5) is 13.1. The molecule has 16 heavy (non-hydrogen) atoms. The Morgan fingerprint density at radius 1 is 1.19 bits per heavy atom. The number of ether oxygens (including phenoxy) is 1. The van der Waals surface area contributed by atoms with Gasteiger partial charge in [0.1, 0.15) is 0 Å². The van der Waals surface area contributed by atoms with Gasteiger partial charge in [0, 0.05) is 12.2 Å². The molecule has 1 amide bonds. The van der Waals surface area contributed by atoms with E-state index in [1.165, 1.54) is 5.56 Å². The Kier molecular flexibility index (Phi) is 4.83. The monoisotopic (exact) mass is 221 g/mol. The fourth-order valence-corrected chi connectivity index (χ4v) is 1.51. The third-order valence-corrected chi connectivity index (χ3v) is 2.32. The van der Waals surface area contributed by atoms with Crippen LogP contribution in [0.5, 0.6) is 0 Å². The van der Waals surface area contributed by atoms with E-state index >= 15 is 0 Å². The highest BCUT2D eigenvalue weighted by atomic mass is 16.6. The van der Waals surface area contributed by atoms with Gasteiger partial charge in [0.2, 0.25) is 0 Å². The first-order valence-corrected chi connectivity index (χ1v) is 5.78. The van der Waals surface area contributed by atoms with Gasteiger partial charge in [0.05, 0.1) is 6.61 Å². The quantitative estimate of drug-likeness (QED) is 0.727. The number of cyclic esters (lactones) is 1. The van der Waals surface area contributed by atoms with Crippen LogP contribution in [0.2, 0.25) is 0 Å². The van der Waals surface area contributed by atoms with Crippen molar-refractivity contribution >= 4 is 11.8 Å². The fraction of sp³-hybridized carbons (Fsp3) is 0.462. The zero-order chi connectivity index (χ0) is 12.0. The number of anilines is 1. The molecule has 0 spiro atoms. The Labute approximate surface area is 97.0 Å². The standard InChI is InChI=1S/C11H13NO2.C2H6/c1-9-3-5-10(6-4-9)12-7-2-8-14-11(12)13;1-2/h3-6H,2,7-8H2,1H3;1-2H3. The minimum atomic E-state index is -0.236. The summed E-state index contributed by atoms with van der Waals surface area (Å²) in [5.41, 5.74) is 2.11. The first-order valence-electron chi connectivity index (χ1n) is 5.78. The minimum Gasteiger partial charge on any atom is -0.449 e. The fourth-order valence-electron chi connectivity index (χ4n) is 1.51. The number of hydrogen-bond donors (Lipinski definition) is 0. The van der Waals surface area contributed by atoms with Crippen LogP contribution in [0.3, 0.4) is 0 Å². The Balaban J connectivity index is 0.000000606. The topological polar surface area (TPSA) is 29.5 Å². The summed E-state index contributed by atoms with van der Waals surface area (Å²) in [7, 11) is 0. The van der Waals surface area contributed by atoms with Crippen molar-refractivity contribution in [1.29, 1.82) is 0 Å². The molecular formula is C13H19NO2. The van der Waals surface area contributed by atoms with E-state index < -0.39 is 0 Å². The lowest BCUT2D eigenvalue weighted by atomic mass is 10.2. The van der Waals surface area contributed by atoms with Gasteiger partial charge in [0.25, 0.3) is 0 Å². The van der Waals surface area contributed by atoms with E-state index in [1.54, 1.807) is 4.90 Å². The van der Waals surface area contributed by atoms with Crippen LogP contribution in [0.1, 0.15) is 25.8 Å². The predicted molar refractivity (Wildman–Crippen MR) is 65.8 cm³/mol. The van der Waals surface area contributed by atoms with Crippen LogP contribution in [-0.4, -0.2) is 19.2 Å². The zero-order valence-electron chi connectivity index (χ0n) is 10.2. The van der Waals surface area contributed by atoms with Crippen molar-refractivity contribution < 1.29 is 9.53 Å². The van der Waals surface area contributed by atoms with Gasteiger partial charge in [-0.25, -0.2) is 4.79 Å². The van der Waals surface area contributed by atoms with Crippen molar-refractivity contribution in [2.45, 2.75) is 27.2 Å². The molecule has 0 atom stereocenters. The average molecular weight is 221 g/mol. The minimum absolute atomic E-state index is 0.236. The molecule has 1 fully saturated rings. The molecule has 3 nitrogen and oxygen atoms in total. The van der Waals surface area contributed by atoms with Crippen LogP contribution in [0.25, 0.3) is 0 Å². The molecule has 0 unspecified atom stereocenters. The first-order chi connectivity index (χ1) is 7.77. The third kappa shape index (κ3) is 2.99. The van der Waals surface area contributed by atoms with E-state index in [0.29, 0.717) is 6.61 Å². The van der Waals surface area contributed by atoms with Gasteiger partial charge in [-0.15, -0.1) is 0 Å². The van der Waals surface area contributed by atoms with Gasteiger partial charge in [-0.2, -0.15) is 0 Å². The van der Waals surface area contributed by atoms with Gasteiger partial charge in [0.15, 0.2) is 0 Å². The number of aryl methyl sites for hydroxylation is 1. The second-order valence-corrected chi connectivity index (χ2v) is 3.46. The molecule has 0 radical (unpaired) electrons. The molecule has 0 saturated carbocycles. The summed E-state index contributed by atoms with van der Waals surface area (Å²) in [5, 5.41) is 0. The maximum Gasteiger partial charge on any atom is 0.414 e. The summed E-state index contributed by atoms with van der Waals surface area (Å²) in [6, 6.07) is 7.89. The summed E-state index contributed by atoms with van der Waals surface area (Å²) < 4.78 is 4.96. The maximum absolute atomic E-state index is 11.4. The zero-order valence-corrected chi connectivity index (χ0v) is 10.2. The summed E-state index contributed by atoms with van der Waals surface area (Å²) in [6.45, 7) is 7.32. The van der Waals surface area contributed by atoms with E-state index in [-0.39, 0.29) is 6.09 Å². The number of amides is 1. The van der Waals surface area contributed by atoms with Gasteiger partial charge >= 0.3 is 6.09 Å². The molecule has 1 aliphatic rings. The number of nitrogens with zero attached hydrogens (tertiary/aromatic N) is 1. The highest BCUT2D eigenvalue weighted by molar-refractivity contribution is 5.88. The van der Waals surface area contributed by atoms with Crippen molar-refractivity contribution in [3.8, 4) is 0 Å². The number of benzene rings is 1. The Bertz CT molecular complexity index is 332. The lowest BCUT2D eigenvalue weighted by Crippen LogP contribution is -2.37. The third-order valence-electron chi connectivity index (χ3n) is 2.32. The normalized spacial score (nSPS) is 14.9. The van der Waals surface area contributed by atoms with Crippen LogP contribution in [-0.2, 0) is 4.74 Å². The average Bonchev–Trinajstić information content (AvgIpc) is 2.34. The van der Waals surface area contributed by atoms with Crippen LogP contribution >= 0.6 is 0 Å². The predicted octanol–water partition coefficient (Wildman–Crippen LogP) is 3.37. The molecule has 1 aromatic carbocycles. The van der Waals surface area contributed by atoms with Gasteiger partial charge in [-0.1, -0.05) is 31.5 Å². The molecule has 0 bridgehead atoms. The molecule has 0 N–H and O–H groups in total. The van der Waals surface area contributed by atoms with E-state index in [0.717, 1.165) is 18.7 Å². The van der Waals surface area contributed by atoms with Crippen LogP contribution < -0.4 is 4.90 Å². The second kappa shape index (κ2) is 6.16. The van der Waals surface area contributed by atoms with Gasteiger partial charge in [-0.05, 0) is 25.5 Å². The molecule has 0 aromatic heterocycles. The van der Waals surface area contributed by atoms with E-state index in [2.05, 4.69) is 0 Å². The van der Waals surface area contributed by atoms with E-state index in [9.17, 15) is 4.79 Å². The van der Waals surface area contributed by atoms with Crippen LogP contribution in [0.4, 0.5) is 10.5 Å². The summed E-state index contributed by atoms with van der Waals surface area (Å²) in [5.74, 6) is 0. The number of carbonyl (C=O) groups is 1. The lowest BCUT2D eigenvalue weighted by molar-refractivity contribution is 0.140. The number of hydrogen-bond acceptors (Lipinski definition) is 2. The highest BCUT2D eigenvalue weighted by Gasteiger charge is 2.20. The van der Waals surface area contributed by atoms with Crippen molar-refractivity contribution in [2.24, 2.45) is 0 Å². The first kappa shape index (κ1) is 12.6. The van der Waals surface area contributed by atoms with Gasteiger partial charge < -0.3 is 4.74 Å². The SMILES string of the molecule is CC.Cc1ccc(N2CCCOC2=O)cc1. The molecule has 1 heterocycles. The Morgan fingerprint density at radius 3 is 2.38 bits per heavy atom. The Morgan fingerprint density at radius 2 is 1.81 bits per heavy atom. The number of carbonyl (C=O) groups excluding carboxylic acids is 1. The molecule has 3 heteroatoms. The molecular weight excluding hydrogens is 202 g/mol. The Hall–Kier alpha value is -1.51. The smallest absolute Gasteiger partial charge is 0.414 e. The van der Waals surface area contributed by atoms with E-state index in [1.807, 2.05) is 45.0 Å². The highest BCUT2D eigenvalue weighted by Crippen LogP contribution is 2.18. The summed E-state index contributed by atoms with van der Waals surface area (Å²) >= 11 is 0. The van der Waals surface area contributed by atoms with Crippen molar-refractivity contribution in [3.05, 3.63) is 29.8 Å². The van der Waals surface area contributed by atoms with Crippen molar-refractivity contribution in [2.75, 3.05) is 18.1 Å². The van der Waals surface area contributed by atoms with Crippen LogP contribution in [0.15, 0.2) is 24.3 Å². The maximum atomic E-state index is 11.4.